The van der Waals surface area contributed by atoms with Gasteiger partial charge in [-0.05, 0) is 48.7 Å². The first kappa shape index (κ1) is 19.0. The Hall–Kier alpha value is -2.76. The molecule has 1 aliphatic rings. The molecular weight excluding hydrogens is 350 g/mol. The van der Waals surface area contributed by atoms with E-state index in [1.165, 1.54) is 30.3 Å². The topological polar surface area (TPSA) is 40.6 Å². The van der Waals surface area contributed by atoms with Crippen molar-refractivity contribution in [3.8, 4) is 0 Å². The molecule has 0 N–H and O–H groups in total. The fourth-order valence-electron chi connectivity index (χ4n) is 3.23. The van der Waals surface area contributed by atoms with Gasteiger partial charge in [0.05, 0.1) is 0 Å². The van der Waals surface area contributed by atoms with Crippen LogP contribution in [0.5, 0.6) is 0 Å². The molecule has 0 aliphatic carbocycles. The third-order valence-corrected chi connectivity index (χ3v) is 4.75. The number of hydrogen-bond donors (Lipinski definition) is 0. The van der Waals surface area contributed by atoms with Gasteiger partial charge in [-0.25, -0.2) is 8.78 Å². The fourth-order valence-corrected chi connectivity index (χ4v) is 3.23. The number of halogens is 2. The van der Waals surface area contributed by atoms with Gasteiger partial charge in [-0.3, -0.25) is 9.59 Å². The minimum Gasteiger partial charge on any atom is -0.341 e. The van der Waals surface area contributed by atoms with Gasteiger partial charge in [0.1, 0.15) is 11.6 Å². The van der Waals surface area contributed by atoms with Gasteiger partial charge < -0.3 is 9.80 Å². The Balaban J connectivity index is 1.53. The second-order valence-corrected chi connectivity index (χ2v) is 6.66. The van der Waals surface area contributed by atoms with E-state index >= 15 is 0 Å². The molecule has 0 unspecified atom stereocenters. The van der Waals surface area contributed by atoms with Crippen molar-refractivity contribution in [2.24, 2.45) is 0 Å². The van der Waals surface area contributed by atoms with E-state index in [1.807, 2.05) is 0 Å². The Labute approximate surface area is 157 Å². The summed E-state index contributed by atoms with van der Waals surface area (Å²) in [6.07, 6.45) is 1.59. The first-order chi connectivity index (χ1) is 13.0. The van der Waals surface area contributed by atoms with Crippen LogP contribution in [0.3, 0.4) is 0 Å². The first-order valence-electron chi connectivity index (χ1n) is 9.10. The van der Waals surface area contributed by atoms with Crippen LogP contribution in [-0.2, 0) is 11.2 Å². The van der Waals surface area contributed by atoms with E-state index in [4.69, 9.17) is 0 Å². The van der Waals surface area contributed by atoms with Crippen LogP contribution in [0, 0.1) is 11.6 Å². The Morgan fingerprint density at radius 1 is 0.852 bits per heavy atom. The van der Waals surface area contributed by atoms with Gasteiger partial charge in [0.15, 0.2) is 0 Å². The third kappa shape index (κ3) is 5.12. The summed E-state index contributed by atoms with van der Waals surface area (Å²) in [7, 11) is 0. The Morgan fingerprint density at radius 2 is 1.56 bits per heavy atom. The molecule has 0 atom stereocenters. The van der Waals surface area contributed by atoms with Crippen molar-refractivity contribution in [1.29, 1.82) is 0 Å². The van der Waals surface area contributed by atoms with E-state index in [1.54, 1.807) is 28.0 Å². The summed E-state index contributed by atoms with van der Waals surface area (Å²) in [4.78, 5) is 28.5. The van der Waals surface area contributed by atoms with Crippen molar-refractivity contribution >= 4 is 11.8 Å². The lowest BCUT2D eigenvalue weighted by Gasteiger charge is -2.22. The molecule has 3 rings (SSSR count). The highest BCUT2D eigenvalue weighted by molar-refractivity contribution is 5.94. The first-order valence-corrected chi connectivity index (χ1v) is 9.10. The minimum atomic E-state index is -0.437. The molecule has 0 spiro atoms. The molecule has 6 heteroatoms. The maximum atomic E-state index is 13.3. The van der Waals surface area contributed by atoms with E-state index in [2.05, 4.69) is 0 Å². The van der Waals surface area contributed by atoms with E-state index in [-0.39, 0.29) is 17.6 Å². The average Bonchev–Trinajstić information content (AvgIpc) is 2.93. The lowest BCUT2D eigenvalue weighted by atomic mass is 10.1. The summed E-state index contributed by atoms with van der Waals surface area (Å²) in [6, 6.07) is 11.8. The highest BCUT2D eigenvalue weighted by atomic mass is 19.1. The van der Waals surface area contributed by atoms with Gasteiger partial charge in [-0.1, -0.05) is 18.2 Å². The van der Waals surface area contributed by atoms with Gasteiger partial charge in [0, 0.05) is 38.2 Å². The molecule has 1 aliphatic heterocycles. The molecule has 27 heavy (non-hydrogen) atoms. The largest absolute Gasteiger partial charge is 0.341 e. The smallest absolute Gasteiger partial charge is 0.254 e. The van der Waals surface area contributed by atoms with Crippen LogP contribution in [0.15, 0.2) is 48.5 Å². The summed E-state index contributed by atoms with van der Waals surface area (Å²) in [5.74, 6) is -0.914. The number of carbonyl (C=O) groups is 2. The van der Waals surface area contributed by atoms with Crippen LogP contribution in [0.25, 0.3) is 0 Å². The van der Waals surface area contributed by atoms with Crippen molar-refractivity contribution in [2.45, 2.75) is 19.3 Å². The standard InChI is InChI=1S/C21H22F2N2O2/c22-18-8-5-16(6-9-18)7-10-20(26)24-11-2-12-25(14-13-24)21(27)17-3-1-4-19(23)15-17/h1,3-6,8-9,15H,2,7,10-14H2. The van der Waals surface area contributed by atoms with Crippen molar-refractivity contribution < 1.29 is 18.4 Å². The Bertz CT molecular complexity index is 808. The highest BCUT2D eigenvalue weighted by Crippen LogP contribution is 2.13. The average molecular weight is 372 g/mol. The lowest BCUT2D eigenvalue weighted by molar-refractivity contribution is -0.131. The lowest BCUT2D eigenvalue weighted by Crippen LogP contribution is -2.37. The summed E-state index contributed by atoms with van der Waals surface area (Å²) in [6.45, 7) is 2.02. The summed E-state index contributed by atoms with van der Waals surface area (Å²) in [5, 5.41) is 0. The Morgan fingerprint density at radius 3 is 2.30 bits per heavy atom. The molecule has 0 saturated carbocycles. The molecule has 142 valence electrons. The van der Waals surface area contributed by atoms with Gasteiger partial charge in [-0.15, -0.1) is 0 Å². The molecule has 1 saturated heterocycles. The zero-order valence-electron chi connectivity index (χ0n) is 15.0. The number of benzene rings is 2. The molecule has 2 aromatic rings. The molecule has 1 heterocycles. The van der Waals surface area contributed by atoms with Gasteiger partial charge in [-0.2, -0.15) is 0 Å². The molecule has 4 nitrogen and oxygen atoms in total. The van der Waals surface area contributed by atoms with Gasteiger partial charge >= 0.3 is 0 Å². The number of carbonyl (C=O) groups excluding carboxylic acids is 2. The molecule has 1 fully saturated rings. The third-order valence-electron chi connectivity index (χ3n) is 4.75. The van der Waals surface area contributed by atoms with Crippen LogP contribution in [0.4, 0.5) is 8.78 Å². The Kier molecular flexibility index (Phi) is 6.16. The zero-order valence-corrected chi connectivity index (χ0v) is 15.0. The van der Waals surface area contributed by atoms with Crippen LogP contribution in [0.1, 0.15) is 28.8 Å². The molecular formula is C21H22F2N2O2. The monoisotopic (exact) mass is 372 g/mol. The van der Waals surface area contributed by atoms with E-state index in [0.717, 1.165) is 5.56 Å². The predicted octanol–water partition coefficient (Wildman–Crippen LogP) is 3.27. The van der Waals surface area contributed by atoms with Crippen molar-refractivity contribution in [1.82, 2.24) is 9.80 Å². The number of hydrogen-bond acceptors (Lipinski definition) is 2. The molecule has 0 radical (unpaired) electrons. The van der Waals surface area contributed by atoms with Crippen LogP contribution >= 0.6 is 0 Å². The maximum Gasteiger partial charge on any atom is 0.254 e. The van der Waals surface area contributed by atoms with Gasteiger partial charge in [0.25, 0.3) is 5.91 Å². The fraction of sp³-hybridized carbons (Fsp3) is 0.333. The summed E-state index contributed by atoms with van der Waals surface area (Å²) < 4.78 is 26.3. The normalized spacial score (nSPS) is 14.7. The van der Waals surface area contributed by atoms with Crippen LogP contribution < -0.4 is 0 Å². The number of amides is 2. The van der Waals surface area contributed by atoms with E-state index < -0.39 is 5.82 Å². The molecule has 0 aromatic heterocycles. The zero-order chi connectivity index (χ0) is 19.2. The molecule has 2 amide bonds. The number of aryl methyl sites for hydroxylation is 1. The molecule has 2 aromatic carbocycles. The quantitative estimate of drug-likeness (QED) is 0.827. The van der Waals surface area contributed by atoms with Crippen molar-refractivity contribution in [3.05, 3.63) is 71.3 Å². The second kappa shape index (κ2) is 8.75. The summed E-state index contributed by atoms with van der Waals surface area (Å²) >= 11 is 0. The maximum absolute atomic E-state index is 13.3. The van der Waals surface area contributed by atoms with Crippen molar-refractivity contribution in [3.63, 3.8) is 0 Å². The number of rotatable bonds is 4. The minimum absolute atomic E-state index is 0.0272. The van der Waals surface area contributed by atoms with Crippen molar-refractivity contribution in [2.75, 3.05) is 26.2 Å². The predicted molar refractivity (Wildman–Crippen MR) is 98.2 cm³/mol. The van der Waals surface area contributed by atoms with E-state index in [9.17, 15) is 18.4 Å². The number of nitrogens with zero attached hydrogens (tertiary/aromatic N) is 2. The summed E-state index contributed by atoms with van der Waals surface area (Å²) in [5.41, 5.74) is 1.24. The highest BCUT2D eigenvalue weighted by Gasteiger charge is 2.22. The van der Waals surface area contributed by atoms with E-state index in [0.29, 0.717) is 51.0 Å². The van der Waals surface area contributed by atoms with Crippen LogP contribution in [-0.4, -0.2) is 47.8 Å². The van der Waals surface area contributed by atoms with Gasteiger partial charge in [0.2, 0.25) is 5.91 Å². The second-order valence-electron chi connectivity index (χ2n) is 6.66. The SMILES string of the molecule is O=C(CCc1ccc(F)cc1)N1CCCN(C(=O)c2cccc(F)c2)CC1. The van der Waals surface area contributed by atoms with Crippen LogP contribution in [0.2, 0.25) is 0 Å². The molecule has 0 bridgehead atoms.